The van der Waals surface area contributed by atoms with Crippen LogP contribution in [0.2, 0.25) is 10.3 Å². The van der Waals surface area contributed by atoms with E-state index < -0.39 is 0 Å². The molecule has 0 aliphatic heterocycles. The van der Waals surface area contributed by atoms with Crippen molar-refractivity contribution in [3.05, 3.63) is 32.8 Å². The maximum Gasteiger partial charge on any atom is 0.261 e. The molecule has 0 spiro atoms. The van der Waals surface area contributed by atoms with Crippen LogP contribution in [0.3, 0.4) is 0 Å². The number of aromatic amines is 1. The minimum absolute atomic E-state index is 0.0248. The molecule has 0 bridgehead atoms. The Bertz CT molecular complexity index is 580. The van der Waals surface area contributed by atoms with Gasteiger partial charge in [0, 0.05) is 6.07 Å². The van der Waals surface area contributed by atoms with E-state index in [1.807, 2.05) is 0 Å². The van der Waals surface area contributed by atoms with Crippen LogP contribution in [-0.2, 0) is 0 Å². The van der Waals surface area contributed by atoms with Gasteiger partial charge in [0.1, 0.15) is 5.75 Å². The molecule has 1 N–H and O–H groups in total. The third-order valence-electron chi connectivity index (χ3n) is 1.94. The Hall–Kier alpha value is -1.26. The molecule has 1 aromatic heterocycles. The fourth-order valence-corrected chi connectivity index (χ4v) is 1.76. The summed E-state index contributed by atoms with van der Waals surface area (Å²) < 4.78 is 5.00. The van der Waals surface area contributed by atoms with Crippen molar-refractivity contribution < 1.29 is 4.74 Å². The molecule has 0 aliphatic carbocycles. The zero-order chi connectivity index (χ0) is 11.0. The molecular formula is C9H6Cl2N2O2. The van der Waals surface area contributed by atoms with E-state index in [0.29, 0.717) is 16.7 Å². The number of nitrogens with one attached hydrogen (secondary N) is 1. The number of methoxy groups -OCH3 is 1. The monoisotopic (exact) mass is 244 g/mol. The molecule has 0 fully saturated rings. The average molecular weight is 245 g/mol. The van der Waals surface area contributed by atoms with E-state index >= 15 is 0 Å². The highest BCUT2D eigenvalue weighted by atomic mass is 35.5. The molecule has 2 rings (SSSR count). The second-order valence-electron chi connectivity index (χ2n) is 2.86. The summed E-state index contributed by atoms with van der Waals surface area (Å²) in [5.41, 5.74) is 0.0470. The number of hydrogen-bond acceptors (Lipinski definition) is 3. The Morgan fingerprint density at radius 3 is 2.80 bits per heavy atom. The van der Waals surface area contributed by atoms with E-state index in [9.17, 15) is 4.79 Å². The quantitative estimate of drug-likeness (QED) is 0.784. The van der Waals surface area contributed by atoms with Crippen molar-refractivity contribution in [2.75, 3.05) is 7.11 Å². The fraction of sp³-hybridized carbons (Fsp3) is 0.111. The first-order valence-corrected chi connectivity index (χ1v) is 4.80. The molecule has 0 radical (unpaired) electrons. The number of hydrogen-bond donors (Lipinski definition) is 1. The van der Waals surface area contributed by atoms with Crippen molar-refractivity contribution in [1.29, 1.82) is 0 Å². The maximum atomic E-state index is 11.5. The predicted octanol–water partition coefficient (Wildman–Crippen LogP) is 2.24. The van der Waals surface area contributed by atoms with Crippen molar-refractivity contribution in [2.24, 2.45) is 0 Å². The first-order valence-electron chi connectivity index (χ1n) is 4.05. The molecule has 0 atom stereocenters. The lowest BCUT2D eigenvalue weighted by Gasteiger charge is -2.03. The average Bonchev–Trinajstić information content (AvgIpc) is 2.15. The molecule has 1 heterocycles. The molecule has 0 amide bonds. The number of aromatic nitrogens is 2. The Kier molecular flexibility index (Phi) is 2.54. The summed E-state index contributed by atoms with van der Waals surface area (Å²) in [6.45, 7) is 0. The van der Waals surface area contributed by atoms with Crippen molar-refractivity contribution in [3.63, 3.8) is 0 Å². The van der Waals surface area contributed by atoms with Crippen LogP contribution < -0.4 is 10.3 Å². The zero-order valence-electron chi connectivity index (χ0n) is 7.67. The normalized spacial score (nSPS) is 10.6. The van der Waals surface area contributed by atoms with Gasteiger partial charge in [-0.15, -0.1) is 0 Å². The number of benzene rings is 1. The molecule has 6 heteroatoms. The molecule has 0 saturated heterocycles. The largest absolute Gasteiger partial charge is 0.497 e. The van der Waals surface area contributed by atoms with Crippen molar-refractivity contribution in [1.82, 2.24) is 9.97 Å². The van der Waals surface area contributed by atoms with Gasteiger partial charge in [0.2, 0.25) is 5.28 Å². The standard InChI is InChI=1S/C9H6Cl2N2O2/c1-15-4-2-5(10)7-6(3-4)12-9(11)13-8(7)14/h2-3H,1H3,(H,12,13,14). The summed E-state index contributed by atoms with van der Waals surface area (Å²) >= 11 is 11.5. The Morgan fingerprint density at radius 1 is 1.40 bits per heavy atom. The van der Waals surface area contributed by atoms with Gasteiger partial charge in [-0.05, 0) is 17.7 Å². The second-order valence-corrected chi connectivity index (χ2v) is 3.63. The van der Waals surface area contributed by atoms with Crippen molar-refractivity contribution in [2.45, 2.75) is 0 Å². The first kappa shape index (κ1) is 10.3. The van der Waals surface area contributed by atoms with E-state index in [-0.39, 0.29) is 15.9 Å². The minimum Gasteiger partial charge on any atom is -0.497 e. The number of ether oxygens (including phenoxy) is 1. The molecule has 4 nitrogen and oxygen atoms in total. The lowest BCUT2D eigenvalue weighted by Crippen LogP contribution is -2.08. The predicted molar refractivity (Wildman–Crippen MR) is 58.9 cm³/mol. The van der Waals surface area contributed by atoms with E-state index in [1.165, 1.54) is 7.11 Å². The summed E-state index contributed by atoms with van der Waals surface area (Å²) in [7, 11) is 1.51. The first-order chi connectivity index (χ1) is 7.11. The minimum atomic E-state index is -0.363. The van der Waals surface area contributed by atoms with E-state index in [4.69, 9.17) is 27.9 Å². The molecule has 1 aromatic carbocycles. The highest BCUT2D eigenvalue weighted by molar-refractivity contribution is 6.35. The molecule has 0 unspecified atom stereocenters. The third kappa shape index (κ3) is 1.78. The van der Waals surface area contributed by atoms with E-state index in [0.717, 1.165) is 0 Å². The number of halogens is 2. The van der Waals surface area contributed by atoms with E-state index in [1.54, 1.807) is 12.1 Å². The van der Waals surface area contributed by atoms with Crippen LogP contribution in [0.4, 0.5) is 0 Å². The van der Waals surface area contributed by atoms with Gasteiger partial charge in [-0.2, -0.15) is 0 Å². The van der Waals surface area contributed by atoms with Crippen LogP contribution in [0, 0.1) is 0 Å². The van der Waals surface area contributed by atoms with Gasteiger partial charge in [0.25, 0.3) is 5.56 Å². The van der Waals surface area contributed by atoms with Crippen LogP contribution >= 0.6 is 23.2 Å². The molecule has 2 aromatic rings. The fourth-order valence-electron chi connectivity index (χ4n) is 1.29. The summed E-state index contributed by atoms with van der Waals surface area (Å²) in [6.07, 6.45) is 0. The van der Waals surface area contributed by atoms with Gasteiger partial charge in [0.15, 0.2) is 0 Å². The number of rotatable bonds is 1. The summed E-state index contributed by atoms with van der Waals surface area (Å²) in [6, 6.07) is 3.15. The lowest BCUT2D eigenvalue weighted by atomic mass is 10.2. The Morgan fingerprint density at radius 2 is 2.13 bits per heavy atom. The van der Waals surface area contributed by atoms with Gasteiger partial charge in [0.05, 0.1) is 23.0 Å². The van der Waals surface area contributed by atoms with Gasteiger partial charge < -0.3 is 4.74 Å². The van der Waals surface area contributed by atoms with E-state index in [2.05, 4.69) is 9.97 Å². The van der Waals surface area contributed by atoms with Gasteiger partial charge in [-0.1, -0.05) is 11.6 Å². The zero-order valence-corrected chi connectivity index (χ0v) is 9.19. The molecular weight excluding hydrogens is 239 g/mol. The Balaban J connectivity index is 2.91. The van der Waals surface area contributed by atoms with Crippen LogP contribution in [0.15, 0.2) is 16.9 Å². The smallest absolute Gasteiger partial charge is 0.261 e. The number of H-pyrrole nitrogens is 1. The van der Waals surface area contributed by atoms with Crippen LogP contribution in [-0.4, -0.2) is 17.1 Å². The highest BCUT2D eigenvalue weighted by Gasteiger charge is 2.08. The van der Waals surface area contributed by atoms with Gasteiger partial charge in [-0.25, -0.2) is 4.98 Å². The van der Waals surface area contributed by atoms with Crippen molar-refractivity contribution in [3.8, 4) is 5.75 Å². The van der Waals surface area contributed by atoms with Gasteiger partial charge >= 0.3 is 0 Å². The molecule has 0 aliphatic rings. The molecule has 0 saturated carbocycles. The summed E-state index contributed by atoms with van der Waals surface area (Å²) in [5.74, 6) is 0.529. The van der Waals surface area contributed by atoms with Crippen molar-refractivity contribution >= 4 is 34.1 Å². The third-order valence-corrected chi connectivity index (χ3v) is 2.42. The molecule has 15 heavy (non-hydrogen) atoms. The molecule has 78 valence electrons. The number of nitrogens with zero attached hydrogens (tertiary/aromatic N) is 1. The number of fused-ring (bicyclic) bond motifs is 1. The topological polar surface area (TPSA) is 55.0 Å². The highest BCUT2D eigenvalue weighted by Crippen LogP contribution is 2.25. The van der Waals surface area contributed by atoms with Crippen LogP contribution in [0.25, 0.3) is 10.9 Å². The second kappa shape index (κ2) is 3.72. The lowest BCUT2D eigenvalue weighted by molar-refractivity contribution is 0.415. The summed E-state index contributed by atoms with van der Waals surface area (Å²) in [4.78, 5) is 17.8. The SMILES string of the molecule is COc1cc(Cl)c2c(=O)[nH]c(Cl)nc2c1. The Labute approximate surface area is 94.8 Å². The van der Waals surface area contributed by atoms with Crippen LogP contribution in [0.1, 0.15) is 0 Å². The van der Waals surface area contributed by atoms with Crippen LogP contribution in [0.5, 0.6) is 5.75 Å². The maximum absolute atomic E-state index is 11.5. The summed E-state index contributed by atoms with van der Waals surface area (Å²) in [5, 5.41) is 0.619. The van der Waals surface area contributed by atoms with Gasteiger partial charge in [-0.3, -0.25) is 9.78 Å².